The third kappa shape index (κ3) is 3.81. The van der Waals surface area contributed by atoms with Gasteiger partial charge in [0.15, 0.2) is 0 Å². The summed E-state index contributed by atoms with van der Waals surface area (Å²) in [7, 11) is -3.70. The molecule has 1 aliphatic rings. The molecule has 2 rings (SSSR count). The molecule has 0 saturated carbocycles. The predicted octanol–water partition coefficient (Wildman–Crippen LogP) is 2.34. The molecule has 1 aliphatic heterocycles. The van der Waals surface area contributed by atoms with Crippen molar-refractivity contribution in [2.24, 2.45) is 0 Å². The van der Waals surface area contributed by atoms with Gasteiger partial charge in [-0.25, -0.2) is 13.1 Å². The quantitative estimate of drug-likeness (QED) is 0.798. The topological polar surface area (TPSA) is 75.4 Å². The lowest BCUT2D eigenvalue weighted by Gasteiger charge is -2.24. The normalized spacial score (nSPS) is 18.0. The maximum atomic E-state index is 12.3. The highest BCUT2D eigenvalue weighted by Gasteiger charge is 2.23. The first-order valence-corrected chi connectivity index (χ1v) is 9.04. The number of anilines is 1. The van der Waals surface area contributed by atoms with Gasteiger partial charge in [-0.2, -0.15) is 0 Å². The van der Waals surface area contributed by atoms with Crippen LogP contribution in [0.25, 0.3) is 0 Å². The molecule has 5 nitrogen and oxygen atoms in total. The van der Waals surface area contributed by atoms with Crippen LogP contribution in [0.2, 0.25) is 10.0 Å². The van der Waals surface area contributed by atoms with Crippen molar-refractivity contribution in [1.82, 2.24) is 9.62 Å². The molecule has 0 amide bonds. The number of nitrogens with two attached hydrogens (primary N) is 1. The molecule has 1 saturated heterocycles. The molecule has 21 heavy (non-hydrogen) atoms. The Balaban J connectivity index is 2.10. The van der Waals surface area contributed by atoms with E-state index in [4.69, 9.17) is 28.9 Å². The van der Waals surface area contributed by atoms with Crippen molar-refractivity contribution in [1.29, 1.82) is 0 Å². The van der Waals surface area contributed by atoms with E-state index in [0.717, 1.165) is 25.9 Å². The van der Waals surface area contributed by atoms with Crippen LogP contribution >= 0.6 is 23.2 Å². The first-order valence-electron chi connectivity index (χ1n) is 6.80. The summed E-state index contributed by atoms with van der Waals surface area (Å²) in [6, 6.07) is 2.94. The summed E-state index contributed by atoms with van der Waals surface area (Å²) in [6.45, 7) is 4.36. The number of nitrogen functional groups attached to an aromatic ring is 1. The van der Waals surface area contributed by atoms with Gasteiger partial charge in [0.1, 0.15) is 4.90 Å². The van der Waals surface area contributed by atoms with Gasteiger partial charge in [-0.3, -0.25) is 4.90 Å². The van der Waals surface area contributed by atoms with Crippen LogP contribution in [-0.4, -0.2) is 39.0 Å². The van der Waals surface area contributed by atoms with Crippen molar-refractivity contribution in [3.8, 4) is 0 Å². The monoisotopic (exact) mass is 351 g/mol. The molecule has 1 heterocycles. The number of nitrogens with zero attached hydrogens (tertiary/aromatic N) is 1. The number of benzene rings is 1. The van der Waals surface area contributed by atoms with Crippen LogP contribution in [-0.2, 0) is 10.0 Å². The van der Waals surface area contributed by atoms with Crippen LogP contribution in [0.1, 0.15) is 19.8 Å². The molecule has 1 unspecified atom stereocenters. The van der Waals surface area contributed by atoms with E-state index in [1.54, 1.807) is 0 Å². The van der Waals surface area contributed by atoms with Gasteiger partial charge in [0.25, 0.3) is 0 Å². The van der Waals surface area contributed by atoms with Crippen molar-refractivity contribution in [3.63, 3.8) is 0 Å². The molecular weight excluding hydrogens is 333 g/mol. The molecule has 1 aromatic carbocycles. The summed E-state index contributed by atoms with van der Waals surface area (Å²) in [5.41, 5.74) is 5.75. The number of sulfonamides is 1. The molecule has 1 fully saturated rings. The minimum absolute atomic E-state index is 0.0381. The summed E-state index contributed by atoms with van der Waals surface area (Å²) >= 11 is 11.8. The molecule has 118 valence electrons. The van der Waals surface area contributed by atoms with E-state index in [2.05, 4.69) is 9.62 Å². The lowest BCUT2D eigenvalue weighted by atomic mass is 10.3. The number of nitrogens with one attached hydrogen (secondary N) is 1. The fourth-order valence-corrected chi connectivity index (χ4v) is 4.26. The van der Waals surface area contributed by atoms with Crippen LogP contribution in [0.15, 0.2) is 17.0 Å². The first kappa shape index (κ1) is 16.8. The third-order valence-corrected chi connectivity index (χ3v) is 6.03. The van der Waals surface area contributed by atoms with Crippen LogP contribution in [0.5, 0.6) is 0 Å². The summed E-state index contributed by atoms with van der Waals surface area (Å²) in [5, 5.41) is 0.202. The van der Waals surface area contributed by atoms with Gasteiger partial charge in [-0.1, -0.05) is 23.2 Å². The Bertz CT molecular complexity index is 616. The van der Waals surface area contributed by atoms with Gasteiger partial charge < -0.3 is 5.73 Å². The standard InChI is InChI=1S/C13H19Cl2N3O2S/c1-9(18-6-2-3-7-18)8-17-21(19,20)11-5-4-10(14)13(16)12(11)15/h4-5,9,17H,2-3,6-8,16H2,1H3. The zero-order valence-corrected chi connectivity index (χ0v) is 14.1. The second-order valence-electron chi connectivity index (χ2n) is 5.22. The highest BCUT2D eigenvalue weighted by Crippen LogP contribution is 2.32. The van der Waals surface area contributed by atoms with Gasteiger partial charge in [-0.05, 0) is 45.0 Å². The van der Waals surface area contributed by atoms with Crippen molar-refractivity contribution in [2.45, 2.75) is 30.7 Å². The van der Waals surface area contributed by atoms with Crippen LogP contribution in [0.4, 0.5) is 5.69 Å². The number of likely N-dealkylation sites (tertiary alicyclic amines) is 1. The summed E-state index contributed by atoms with van der Waals surface area (Å²) in [4.78, 5) is 2.22. The van der Waals surface area contributed by atoms with E-state index in [0.29, 0.717) is 6.54 Å². The Labute approximate surface area is 135 Å². The highest BCUT2D eigenvalue weighted by atomic mass is 35.5. The number of hydrogen-bond acceptors (Lipinski definition) is 4. The highest BCUT2D eigenvalue weighted by molar-refractivity contribution is 7.89. The molecule has 1 atom stereocenters. The van der Waals surface area contributed by atoms with E-state index in [1.807, 2.05) is 6.92 Å². The molecule has 0 aliphatic carbocycles. The Morgan fingerprint density at radius 2 is 1.95 bits per heavy atom. The van der Waals surface area contributed by atoms with E-state index in [-0.39, 0.29) is 26.7 Å². The van der Waals surface area contributed by atoms with Gasteiger partial charge in [0.2, 0.25) is 10.0 Å². The number of halogens is 2. The van der Waals surface area contributed by atoms with E-state index < -0.39 is 10.0 Å². The SMILES string of the molecule is CC(CNS(=O)(=O)c1ccc(Cl)c(N)c1Cl)N1CCCC1. The maximum absolute atomic E-state index is 12.3. The first-order chi connectivity index (χ1) is 9.83. The molecule has 3 N–H and O–H groups in total. The predicted molar refractivity (Wildman–Crippen MR) is 86.3 cm³/mol. The lowest BCUT2D eigenvalue weighted by Crippen LogP contribution is -2.40. The average Bonchev–Trinajstić information content (AvgIpc) is 2.96. The molecule has 0 bridgehead atoms. The lowest BCUT2D eigenvalue weighted by molar-refractivity contribution is 0.260. The fraction of sp³-hybridized carbons (Fsp3) is 0.538. The zero-order valence-electron chi connectivity index (χ0n) is 11.8. The van der Waals surface area contributed by atoms with E-state index >= 15 is 0 Å². The van der Waals surface area contributed by atoms with Crippen LogP contribution in [0, 0.1) is 0 Å². The Hall–Kier alpha value is -0.530. The molecular formula is C13H19Cl2N3O2S. The van der Waals surface area contributed by atoms with E-state index in [1.165, 1.54) is 12.1 Å². The van der Waals surface area contributed by atoms with Crippen LogP contribution in [0.3, 0.4) is 0 Å². The smallest absolute Gasteiger partial charge is 0.242 e. The molecule has 8 heteroatoms. The summed E-state index contributed by atoms with van der Waals surface area (Å²) in [6.07, 6.45) is 2.33. The van der Waals surface area contributed by atoms with Crippen molar-refractivity contribution >= 4 is 38.9 Å². The average molecular weight is 352 g/mol. The largest absolute Gasteiger partial charge is 0.396 e. The molecule has 0 aromatic heterocycles. The van der Waals surface area contributed by atoms with Crippen LogP contribution < -0.4 is 10.5 Å². The molecule has 0 spiro atoms. The third-order valence-electron chi connectivity index (χ3n) is 3.71. The maximum Gasteiger partial charge on any atom is 0.242 e. The van der Waals surface area contributed by atoms with Gasteiger partial charge in [-0.15, -0.1) is 0 Å². The van der Waals surface area contributed by atoms with Gasteiger partial charge in [0.05, 0.1) is 15.7 Å². The second-order valence-corrected chi connectivity index (χ2v) is 7.74. The molecule has 1 aromatic rings. The minimum Gasteiger partial charge on any atom is -0.396 e. The summed E-state index contributed by atoms with van der Waals surface area (Å²) in [5.74, 6) is 0. The van der Waals surface area contributed by atoms with Gasteiger partial charge >= 0.3 is 0 Å². The van der Waals surface area contributed by atoms with Gasteiger partial charge in [0, 0.05) is 12.6 Å². The van der Waals surface area contributed by atoms with E-state index in [9.17, 15) is 8.42 Å². The van der Waals surface area contributed by atoms with Crippen molar-refractivity contribution < 1.29 is 8.42 Å². The Kier molecular flexibility index (Phi) is 5.38. The summed E-state index contributed by atoms with van der Waals surface area (Å²) < 4.78 is 27.2. The number of rotatable bonds is 5. The van der Waals surface area contributed by atoms with Crippen molar-refractivity contribution in [3.05, 3.63) is 22.2 Å². The Morgan fingerprint density at radius 1 is 1.33 bits per heavy atom. The zero-order chi connectivity index (χ0) is 15.6. The Morgan fingerprint density at radius 3 is 2.57 bits per heavy atom. The second kappa shape index (κ2) is 6.71. The fourth-order valence-electron chi connectivity index (χ4n) is 2.38. The number of hydrogen-bond donors (Lipinski definition) is 2. The van der Waals surface area contributed by atoms with Crippen molar-refractivity contribution in [2.75, 3.05) is 25.4 Å². The minimum atomic E-state index is -3.70. The molecule has 0 radical (unpaired) electrons.